The van der Waals surface area contributed by atoms with Gasteiger partial charge in [-0.25, -0.2) is 14.8 Å². The van der Waals surface area contributed by atoms with Gasteiger partial charge in [-0.3, -0.25) is 0 Å². The van der Waals surface area contributed by atoms with E-state index in [-0.39, 0.29) is 5.97 Å². The number of hydrogen-bond donors (Lipinski definition) is 1. The van der Waals surface area contributed by atoms with Gasteiger partial charge in [-0.05, 0) is 19.4 Å². The minimum atomic E-state index is -0.314. The molecule has 0 bridgehead atoms. The van der Waals surface area contributed by atoms with E-state index in [4.69, 9.17) is 16.3 Å². The Kier molecular flexibility index (Phi) is 4.55. The average Bonchev–Trinajstić information content (AvgIpc) is 2.75. The van der Waals surface area contributed by atoms with E-state index in [1.54, 1.807) is 6.92 Å². The van der Waals surface area contributed by atoms with Crippen LogP contribution >= 0.6 is 22.9 Å². The van der Waals surface area contributed by atoms with E-state index < -0.39 is 0 Å². The van der Waals surface area contributed by atoms with Crippen LogP contribution in [0.25, 0.3) is 10.2 Å². The number of thiophene rings is 1. The van der Waals surface area contributed by atoms with Gasteiger partial charge in [-0.1, -0.05) is 0 Å². The number of carbonyl (C=O) groups excluding carboxylic acids is 1. The molecule has 0 fully saturated rings. The number of aryl methyl sites for hydroxylation is 1. The summed E-state index contributed by atoms with van der Waals surface area (Å²) in [5, 5.41) is 4.00. The number of rotatable bonds is 5. The lowest BCUT2D eigenvalue weighted by Gasteiger charge is -2.05. The Morgan fingerprint density at radius 3 is 3.00 bits per heavy atom. The molecule has 2 heterocycles. The zero-order valence-electron chi connectivity index (χ0n) is 10.7. The molecule has 0 amide bonds. The molecule has 0 spiro atoms. The van der Waals surface area contributed by atoms with Crippen molar-refractivity contribution >= 4 is 44.9 Å². The maximum atomic E-state index is 11.9. The predicted octanol–water partition coefficient (Wildman–Crippen LogP) is 2.83. The lowest BCUT2D eigenvalue weighted by Crippen LogP contribution is -2.06. The highest BCUT2D eigenvalue weighted by Crippen LogP contribution is 2.33. The molecule has 0 saturated carbocycles. The second-order valence-corrected chi connectivity index (χ2v) is 5.17. The third-order valence-electron chi connectivity index (χ3n) is 2.57. The van der Waals surface area contributed by atoms with Crippen molar-refractivity contribution in [1.29, 1.82) is 0 Å². The molecular weight excluding hydrogens is 286 g/mol. The number of fused-ring (bicyclic) bond motifs is 1. The largest absolute Gasteiger partial charge is 0.462 e. The molecule has 7 heteroatoms. The van der Waals surface area contributed by atoms with Gasteiger partial charge in [-0.15, -0.1) is 22.9 Å². The Balaban J connectivity index is 2.48. The van der Waals surface area contributed by atoms with E-state index in [9.17, 15) is 4.79 Å². The van der Waals surface area contributed by atoms with Crippen molar-refractivity contribution in [3.05, 3.63) is 16.8 Å². The van der Waals surface area contributed by atoms with E-state index in [0.717, 1.165) is 15.8 Å². The Hall–Kier alpha value is -1.40. The van der Waals surface area contributed by atoms with Crippen molar-refractivity contribution in [3.63, 3.8) is 0 Å². The van der Waals surface area contributed by atoms with Gasteiger partial charge in [0.25, 0.3) is 0 Å². The molecule has 0 aliphatic heterocycles. The molecule has 0 aliphatic carbocycles. The van der Waals surface area contributed by atoms with Gasteiger partial charge in [0.2, 0.25) is 0 Å². The molecule has 0 atom stereocenters. The molecule has 2 rings (SSSR count). The molecule has 102 valence electrons. The predicted molar refractivity (Wildman–Crippen MR) is 77.3 cm³/mol. The standard InChI is InChI=1S/C12H14ClN3O2S/c1-3-18-12(17)9-7(2)8-10(14-5-4-13)15-6-16-11(8)19-9/h6H,3-5H2,1-2H3,(H,14,15,16). The lowest BCUT2D eigenvalue weighted by atomic mass is 10.2. The molecule has 19 heavy (non-hydrogen) atoms. The monoisotopic (exact) mass is 299 g/mol. The van der Waals surface area contributed by atoms with Gasteiger partial charge in [0.05, 0.1) is 12.0 Å². The van der Waals surface area contributed by atoms with Crippen LogP contribution in [-0.4, -0.2) is 35.0 Å². The molecule has 0 radical (unpaired) electrons. The summed E-state index contributed by atoms with van der Waals surface area (Å²) in [6, 6.07) is 0. The minimum Gasteiger partial charge on any atom is -0.462 e. The average molecular weight is 300 g/mol. The van der Waals surface area contributed by atoms with Crippen molar-refractivity contribution in [2.45, 2.75) is 13.8 Å². The molecule has 2 aromatic rings. The highest BCUT2D eigenvalue weighted by Gasteiger charge is 2.19. The summed E-state index contributed by atoms with van der Waals surface area (Å²) in [5.74, 6) is 0.876. The van der Waals surface area contributed by atoms with Crippen molar-refractivity contribution in [2.75, 3.05) is 24.3 Å². The summed E-state index contributed by atoms with van der Waals surface area (Å²) >= 11 is 6.98. The summed E-state index contributed by atoms with van der Waals surface area (Å²) in [5.41, 5.74) is 0.844. The number of alkyl halides is 1. The Bertz CT molecular complexity index is 600. The SMILES string of the molecule is CCOC(=O)c1sc2ncnc(NCCCl)c2c1C. The number of ether oxygens (including phenoxy) is 1. The van der Waals surface area contributed by atoms with E-state index in [2.05, 4.69) is 15.3 Å². The van der Waals surface area contributed by atoms with Gasteiger partial charge in [0, 0.05) is 12.4 Å². The van der Waals surface area contributed by atoms with Crippen LogP contribution in [0.1, 0.15) is 22.2 Å². The third-order valence-corrected chi connectivity index (χ3v) is 3.94. The number of aromatic nitrogens is 2. The summed E-state index contributed by atoms with van der Waals surface area (Å²) in [6.45, 7) is 4.63. The van der Waals surface area contributed by atoms with Crippen LogP contribution in [0.2, 0.25) is 0 Å². The van der Waals surface area contributed by atoms with Crippen LogP contribution in [0.3, 0.4) is 0 Å². The molecule has 2 aromatic heterocycles. The van der Waals surface area contributed by atoms with Gasteiger partial charge in [0.1, 0.15) is 21.9 Å². The fraction of sp³-hybridized carbons (Fsp3) is 0.417. The maximum absolute atomic E-state index is 11.9. The lowest BCUT2D eigenvalue weighted by molar-refractivity contribution is 0.0531. The van der Waals surface area contributed by atoms with Crippen LogP contribution in [0, 0.1) is 6.92 Å². The maximum Gasteiger partial charge on any atom is 0.348 e. The smallest absolute Gasteiger partial charge is 0.348 e. The van der Waals surface area contributed by atoms with Crippen LogP contribution in [0.4, 0.5) is 5.82 Å². The molecule has 0 saturated heterocycles. The van der Waals surface area contributed by atoms with Crippen LogP contribution in [-0.2, 0) is 4.74 Å². The van der Waals surface area contributed by atoms with Crippen molar-refractivity contribution in [1.82, 2.24) is 9.97 Å². The second-order valence-electron chi connectivity index (χ2n) is 3.79. The zero-order valence-corrected chi connectivity index (χ0v) is 12.3. The summed E-state index contributed by atoms with van der Waals surface area (Å²) in [7, 11) is 0. The fourth-order valence-corrected chi connectivity index (χ4v) is 2.90. The number of esters is 1. The third kappa shape index (κ3) is 2.79. The number of carbonyl (C=O) groups is 1. The van der Waals surface area contributed by atoms with Gasteiger partial charge >= 0.3 is 5.97 Å². The number of anilines is 1. The molecule has 0 unspecified atom stereocenters. The van der Waals surface area contributed by atoms with Gasteiger partial charge in [0.15, 0.2) is 0 Å². The van der Waals surface area contributed by atoms with E-state index in [1.807, 2.05) is 6.92 Å². The van der Waals surface area contributed by atoms with Crippen molar-refractivity contribution in [3.8, 4) is 0 Å². The van der Waals surface area contributed by atoms with E-state index in [0.29, 0.717) is 29.7 Å². The first kappa shape index (κ1) is 14.0. The normalized spacial score (nSPS) is 10.7. The second kappa shape index (κ2) is 6.16. The molecule has 5 nitrogen and oxygen atoms in total. The number of nitrogens with one attached hydrogen (secondary N) is 1. The Morgan fingerprint density at radius 1 is 1.53 bits per heavy atom. The van der Waals surface area contributed by atoms with Gasteiger partial charge < -0.3 is 10.1 Å². The first-order valence-corrected chi connectivity index (χ1v) is 7.25. The van der Waals surface area contributed by atoms with E-state index in [1.165, 1.54) is 17.7 Å². The minimum absolute atomic E-state index is 0.314. The molecule has 1 N–H and O–H groups in total. The van der Waals surface area contributed by atoms with Crippen molar-refractivity contribution in [2.24, 2.45) is 0 Å². The number of halogens is 1. The molecule has 0 aliphatic rings. The Labute approximate surface area is 120 Å². The first-order chi connectivity index (χ1) is 9.19. The summed E-state index contributed by atoms with van der Waals surface area (Å²) in [4.78, 5) is 21.6. The number of hydrogen-bond acceptors (Lipinski definition) is 6. The van der Waals surface area contributed by atoms with Gasteiger partial charge in [-0.2, -0.15) is 0 Å². The summed E-state index contributed by atoms with van der Waals surface area (Å²) < 4.78 is 5.04. The van der Waals surface area contributed by atoms with Crippen LogP contribution in [0.15, 0.2) is 6.33 Å². The first-order valence-electron chi connectivity index (χ1n) is 5.90. The number of nitrogens with zero attached hydrogens (tertiary/aromatic N) is 2. The van der Waals surface area contributed by atoms with Crippen molar-refractivity contribution < 1.29 is 9.53 Å². The van der Waals surface area contributed by atoms with Crippen LogP contribution in [0.5, 0.6) is 0 Å². The molecule has 0 aromatic carbocycles. The quantitative estimate of drug-likeness (QED) is 0.679. The highest BCUT2D eigenvalue weighted by atomic mass is 35.5. The Morgan fingerprint density at radius 2 is 2.32 bits per heavy atom. The van der Waals surface area contributed by atoms with Crippen LogP contribution < -0.4 is 5.32 Å². The highest BCUT2D eigenvalue weighted by molar-refractivity contribution is 7.20. The fourth-order valence-electron chi connectivity index (χ4n) is 1.76. The molecular formula is C12H14ClN3O2S. The zero-order chi connectivity index (χ0) is 13.8. The summed E-state index contributed by atoms with van der Waals surface area (Å²) in [6.07, 6.45) is 1.48. The van der Waals surface area contributed by atoms with E-state index >= 15 is 0 Å². The topological polar surface area (TPSA) is 64.1 Å².